The third-order valence-electron chi connectivity index (χ3n) is 4.47. The van der Waals surface area contributed by atoms with E-state index >= 15 is 0 Å². The van der Waals surface area contributed by atoms with Gasteiger partial charge in [0.25, 0.3) is 0 Å². The molecular formula is C22H23F4N3O3S. The normalized spacial score (nSPS) is 12.1. The van der Waals surface area contributed by atoms with Crippen molar-refractivity contribution in [3.63, 3.8) is 0 Å². The number of alkyl halides is 3. The third-order valence-corrected chi connectivity index (χ3v) is 5.61. The zero-order chi connectivity index (χ0) is 24.6. The molecule has 6 nitrogen and oxygen atoms in total. The third kappa shape index (κ3) is 8.08. The van der Waals surface area contributed by atoms with Gasteiger partial charge in [0.15, 0.2) is 0 Å². The van der Waals surface area contributed by atoms with Gasteiger partial charge in [0.2, 0.25) is 17.7 Å². The molecule has 0 spiro atoms. The van der Waals surface area contributed by atoms with Crippen molar-refractivity contribution in [2.24, 2.45) is 0 Å². The number of para-hydroxylation sites is 1. The molecule has 0 heterocycles. The van der Waals surface area contributed by atoms with E-state index in [-0.39, 0.29) is 12.3 Å². The predicted octanol–water partition coefficient (Wildman–Crippen LogP) is 4.39. The number of thioether (sulfide) groups is 1. The van der Waals surface area contributed by atoms with Crippen molar-refractivity contribution in [1.82, 2.24) is 4.90 Å². The number of nitrogens with zero attached hydrogens (tertiary/aromatic N) is 1. The number of carbonyl (C=O) groups is 3. The maximum absolute atomic E-state index is 13.1. The average Bonchev–Trinajstić information content (AvgIpc) is 2.76. The van der Waals surface area contributed by atoms with E-state index in [0.29, 0.717) is 5.69 Å². The number of hydrogen-bond acceptors (Lipinski definition) is 4. The van der Waals surface area contributed by atoms with Gasteiger partial charge in [-0.1, -0.05) is 12.1 Å². The quantitative estimate of drug-likeness (QED) is 0.517. The zero-order valence-corrected chi connectivity index (χ0v) is 18.7. The Hall–Kier alpha value is -3.08. The summed E-state index contributed by atoms with van der Waals surface area (Å²) >= 11 is 1.04. The van der Waals surface area contributed by atoms with E-state index in [1.54, 1.807) is 13.8 Å². The molecule has 0 bridgehead atoms. The van der Waals surface area contributed by atoms with Crippen molar-refractivity contribution < 1.29 is 31.9 Å². The molecule has 0 aliphatic heterocycles. The Bertz CT molecular complexity index is 984. The fourth-order valence-electron chi connectivity index (χ4n) is 2.81. The lowest BCUT2D eigenvalue weighted by atomic mass is 10.1. The highest BCUT2D eigenvalue weighted by Crippen LogP contribution is 2.34. The fourth-order valence-corrected chi connectivity index (χ4v) is 3.57. The van der Waals surface area contributed by atoms with Gasteiger partial charge in [-0.25, -0.2) is 4.39 Å². The summed E-state index contributed by atoms with van der Waals surface area (Å²) in [5.74, 6) is -2.10. The van der Waals surface area contributed by atoms with Crippen molar-refractivity contribution in [2.75, 3.05) is 29.5 Å². The van der Waals surface area contributed by atoms with Gasteiger partial charge in [0, 0.05) is 12.2 Å². The number of amides is 3. The van der Waals surface area contributed by atoms with Crippen LogP contribution in [0.4, 0.5) is 28.9 Å². The topological polar surface area (TPSA) is 78.5 Å². The highest BCUT2D eigenvalue weighted by atomic mass is 32.2. The number of halogens is 4. The summed E-state index contributed by atoms with van der Waals surface area (Å²) in [7, 11) is 0. The lowest BCUT2D eigenvalue weighted by molar-refractivity contribution is -0.137. The summed E-state index contributed by atoms with van der Waals surface area (Å²) in [4.78, 5) is 38.2. The molecule has 178 valence electrons. The molecule has 0 saturated heterocycles. The van der Waals surface area contributed by atoms with Gasteiger partial charge in [-0.3, -0.25) is 14.4 Å². The Balaban J connectivity index is 1.90. The van der Waals surface area contributed by atoms with Gasteiger partial charge in [-0.2, -0.15) is 13.2 Å². The molecule has 1 unspecified atom stereocenters. The molecule has 0 fully saturated rings. The van der Waals surface area contributed by atoms with Crippen molar-refractivity contribution in [3.05, 3.63) is 59.9 Å². The molecule has 11 heteroatoms. The fraction of sp³-hybridized carbons (Fsp3) is 0.318. The van der Waals surface area contributed by atoms with Crippen LogP contribution in [-0.4, -0.2) is 46.7 Å². The van der Waals surface area contributed by atoms with Crippen LogP contribution in [0.5, 0.6) is 0 Å². The molecule has 2 aromatic carbocycles. The minimum atomic E-state index is -4.64. The van der Waals surface area contributed by atoms with Gasteiger partial charge in [-0.15, -0.1) is 11.8 Å². The van der Waals surface area contributed by atoms with Crippen LogP contribution in [0.15, 0.2) is 48.5 Å². The second-order valence-corrected chi connectivity index (χ2v) is 8.28. The van der Waals surface area contributed by atoms with Gasteiger partial charge < -0.3 is 15.5 Å². The molecule has 0 saturated carbocycles. The molecule has 2 rings (SSSR count). The van der Waals surface area contributed by atoms with Crippen LogP contribution in [0.25, 0.3) is 0 Å². The Labute approximate surface area is 192 Å². The second kappa shape index (κ2) is 11.7. The van der Waals surface area contributed by atoms with Crippen LogP contribution in [0.1, 0.15) is 19.4 Å². The van der Waals surface area contributed by atoms with E-state index in [2.05, 4.69) is 10.6 Å². The molecule has 2 aromatic rings. The first kappa shape index (κ1) is 26.2. The second-order valence-electron chi connectivity index (χ2n) is 6.95. The molecule has 1 atom stereocenters. The summed E-state index contributed by atoms with van der Waals surface area (Å²) in [6, 6.07) is 9.78. The number of hydrogen-bond donors (Lipinski definition) is 2. The summed E-state index contributed by atoms with van der Waals surface area (Å²) in [6.45, 7) is 2.92. The van der Waals surface area contributed by atoms with Crippen LogP contribution in [-0.2, 0) is 20.6 Å². The highest BCUT2D eigenvalue weighted by Gasteiger charge is 2.33. The predicted molar refractivity (Wildman–Crippen MR) is 119 cm³/mol. The lowest BCUT2D eigenvalue weighted by Crippen LogP contribution is -2.42. The van der Waals surface area contributed by atoms with Gasteiger partial charge >= 0.3 is 6.18 Å². The largest absolute Gasteiger partial charge is 0.418 e. The number of anilines is 2. The molecule has 0 aromatic heterocycles. The van der Waals surface area contributed by atoms with Crippen molar-refractivity contribution in [2.45, 2.75) is 25.3 Å². The summed E-state index contributed by atoms with van der Waals surface area (Å²) in [5, 5.41) is 4.10. The van der Waals surface area contributed by atoms with Crippen LogP contribution >= 0.6 is 11.8 Å². The van der Waals surface area contributed by atoms with E-state index < -0.39 is 52.8 Å². The van der Waals surface area contributed by atoms with Gasteiger partial charge in [-0.05, 0) is 50.2 Å². The summed E-state index contributed by atoms with van der Waals surface area (Å²) in [6.07, 6.45) is -4.64. The minimum absolute atomic E-state index is 0.0625. The SMILES string of the molecule is CCN(CC(=O)Nc1ccccc1C(F)(F)F)C(=O)C(C)SCC(=O)Nc1ccc(F)cc1. The van der Waals surface area contributed by atoms with E-state index in [0.717, 1.165) is 23.9 Å². The first-order valence-electron chi connectivity index (χ1n) is 9.93. The van der Waals surface area contributed by atoms with E-state index in [9.17, 15) is 31.9 Å². The van der Waals surface area contributed by atoms with E-state index in [1.807, 2.05) is 0 Å². The maximum atomic E-state index is 13.1. The van der Waals surface area contributed by atoms with Crippen molar-refractivity contribution in [3.8, 4) is 0 Å². The number of carbonyl (C=O) groups excluding carboxylic acids is 3. The Morgan fingerprint density at radius 2 is 1.64 bits per heavy atom. The van der Waals surface area contributed by atoms with Crippen LogP contribution in [0, 0.1) is 5.82 Å². The van der Waals surface area contributed by atoms with Crippen LogP contribution < -0.4 is 10.6 Å². The Morgan fingerprint density at radius 1 is 1.00 bits per heavy atom. The summed E-state index contributed by atoms with van der Waals surface area (Å²) in [5.41, 5.74) is -0.964. The van der Waals surface area contributed by atoms with Gasteiger partial charge in [0.1, 0.15) is 5.82 Å². The lowest BCUT2D eigenvalue weighted by Gasteiger charge is -2.24. The zero-order valence-electron chi connectivity index (χ0n) is 17.9. The Kier molecular flexibility index (Phi) is 9.27. The molecule has 2 N–H and O–H groups in total. The standard InChI is InChI=1S/C22H23F4N3O3S/c1-3-29(12-19(30)28-18-7-5-4-6-17(18)22(24,25)26)21(32)14(2)33-13-20(31)27-16-10-8-15(23)9-11-16/h4-11,14H,3,12-13H2,1-2H3,(H,27,31)(H,28,30). The molecule has 33 heavy (non-hydrogen) atoms. The molecule has 0 aliphatic rings. The molecule has 0 aliphatic carbocycles. The van der Waals surface area contributed by atoms with E-state index in [4.69, 9.17) is 0 Å². The molecule has 3 amide bonds. The number of rotatable bonds is 9. The van der Waals surface area contributed by atoms with E-state index in [1.165, 1.54) is 41.3 Å². The monoisotopic (exact) mass is 485 g/mol. The van der Waals surface area contributed by atoms with Crippen molar-refractivity contribution >= 4 is 40.9 Å². The minimum Gasteiger partial charge on any atom is -0.333 e. The maximum Gasteiger partial charge on any atom is 0.418 e. The van der Waals surface area contributed by atoms with Crippen molar-refractivity contribution in [1.29, 1.82) is 0 Å². The first-order chi connectivity index (χ1) is 15.5. The first-order valence-corrected chi connectivity index (χ1v) is 11.0. The summed E-state index contributed by atoms with van der Waals surface area (Å²) < 4.78 is 52.2. The van der Waals surface area contributed by atoms with Gasteiger partial charge in [0.05, 0.1) is 28.8 Å². The molecule has 0 radical (unpaired) electrons. The smallest absolute Gasteiger partial charge is 0.333 e. The highest BCUT2D eigenvalue weighted by molar-refractivity contribution is 8.01. The van der Waals surface area contributed by atoms with Crippen LogP contribution in [0.3, 0.4) is 0 Å². The Morgan fingerprint density at radius 3 is 2.24 bits per heavy atom. The average molecular weight is 486 g/mol. The number of benzene rings is 2. The number of nitrogens with one attached hydrogen (secondary N) is 2. The van der Waals surface area contributed by atoms with Crippen LogP contribution in [0.2, 0.25) is 0 Å². The molecular weight excluding hydrogens is 462 g/mol. The number of likely N-dealkylation sites (N-methyl/N-ethyl adjacent to an activating group) is 1.